The third-order valence-electron chi connectivity index (χ3n) is 2.98. The molecule has 0 bridgehead atoms. The minimum Gasteiger partial charge on any atom is -0.332 e. The average Bonchev–Trinajstić information content (AvgIpc) is 3.05. The Morgan fingerprint density at radius 2 is 2.32 bits per heavy atom. The van der Waals surface area contributed by atoms with E-state index in [9.17, 15) is 8.42 Å². The van der Waals surface area contributed by atoms with Crippen LogP contribution in [0.1, 0.15) is 23.2 Å². The molecule has 1 unspecified atom stereocenters. The number of thiazole rings is 1. The van der Waals surface area contributed by atoms with E-state index in [1.807, 2.05) is 0 Å². The molecule has 1 aliphatic heterocycles. The first-order chi connectivity index (χ1) is 9.07. The van der Waals surface area contributed by atoms with Crippen molar-refractivity contribution in [2.45, 2.75) is 18.9 Å². The molecule has 0 saturated carbocycles. The van der Waals surface area contributed by atoms with Crippen LogP contribution in [-0.2, 0) is 16.4 Å². The summed E-state index contributed by atoms with van der Waals surface area (Å²) in [4.78, 5) is 8.48. The Hall–Kier alpha value is -1.32. The van der Waals surface area contributed by atoms with Crippen molar-refractivity contribution in [1.29, 1.82) is 0 Å². The molecule has 0 spiro atoms. The molecule has 1 saturated heterocycles. The lowest BCUT2D eigenvalue weighted by Gasteiger charge is -1.97. The van der Waals surface area contributed by atoms with Crippen molar-refractivity contribution in [2.24, 2.45) is 5.73 Å². The summed E-state index contributed by atoms with van der Waals surface area (Å²) in [6.07, 6.45) is 0.548. The molecule has 0 radical (unpaired) electrons. The van der Waals surface area contributed by atoms with E-state index in [-0.39, 0.29) is 17.4 Å². The van der Waals surface area contributed by atoms with Crippen molar-refractivity contribution in [1.82, 2.24) is 15.1 Å². The van der Waals surface area contributed by atoms with E-state index < -0.39 is 9.84 Å². The Labute approximate surface area is 113 Å². The first-order valence-corrected chi connectivity index (χ1v) is 8.46. The van der Waals surface area contributed by atoms with Crippen molar-refractivity contribution >= 4 is 21.2 Å². The van der Waals surface area contributed by atoms with Gasteiger partial charge in [0.1, 0.15) is 10.7 Å². The maximum atomic E-state index is 11.4. The lowest BCUT2D eigenvalue weighted by atomic mass is 10.1. The SMILES string of the molecule is NCc1nc(-c2nc(C3CCS(=O)(=O)C3)no2)cs1. The van der Waals surface area contributed by atoms with E-state index >= 15 is 0 Å². The van der Waals surface area contributed by atoms with Gasteiger partial charge in [0.15, 0.2) is 15.7 Å². The molecule has 9 heteroatoms. The van der Waals surface area contributed by atoms with Crippen LogP contribution >= 0.6 is 11.3 Å². The zero-order chi connectivity index (χ0) is 13.5. The molecule has 0 aliphatic carbocycles. The Morgan fingerprint density at radius 3 is 2.95 bits per heavy atom. The topological polar surface area (TPSA) is 112 Å². The standard InChI is InChI=1S/C10H12N4O3S2/c11-3-8-12-7(4-18-8)10-13-9(14-17-10)6-1-2-19(15,16)5-6/h4,6H,1-3,5,11H2. The van der Waals surface area contributed by atoms with Gasteiger partial charge in [-0.2, -0.15) is 4.98 Å². The lowest BCUT2D eigenvalue weighted by molar-refractivity contribution is 0.417. The van der Waals surface area contributed by atoms with Gasteiger partial charge >= 0.3 is 0 Å². The van der Waals surface area contributed by atoms with E-state index in [4.69, 9.17) is 10.3 Å². The summed E-state index contributed by atoms with van der Waals surface area (Å²) in [6.45, 7) is 0.368. The third kappa shape index (κ3) is 2.53. The van der Waals surface area contributed by atoms with Crippen LogP contribution in [0.15, 0.2) is 9.90 Å². The van der Waals surface area contributed by atoms with Crippen LogP contribution < -0.4 is 5.73 Å². The molecule has 3 rings (SSSR count). The molecular weight excluding hydrogens is 288 g/mol. The molecule has 0 amide bonds. The highest BCUT2D eigenvalue weighted by Gasteiger charge is 2.32. The fourth-order valence-corrected chi connectivity index (χ4v) is 4.39. The smallest absolute Gasteiger partial charge is 0.277 e. The van der Waals surface area contributed by atoms with Crippen LogP contribution in [0.5, 0.6) is 0 Å². The predicted octanol–water partition coefficient (Wildman–Crippen LogP) is 0.554. The van der Waals surface area contributed by atoms with Crippen molar-refractivity contribution < 1.29 is 12.9 Å². The van der Waals surface area contributed by atoms with Gasteiger partial charge in [-0.15, -0.1) is 11.3 Å². The Kier molecular flexibility index (Phi) is 3.11. The van der Waals surface area contributed by atoms with Crippen molar-refractivity contribution in [3.63, 3.8) is 0 Å². The van der Waals surface area contributed by atoms with Crippen molar-refractivity contribution in [2.75, 3.05) is 11.5 Å². The highest BCUT2D eigenvalue weighted by atomic mass is 32.2. The fourth-order valence-electron chi connectivity index (χ4n) is 2.01. The molecule has 2 aromatic heterocycles. The summed E-state index contributed by atoms with van der Waals surface area (Å²) in [7, 11) is -2.95. The average molecular weight is 300 g/mol. The molecular formula is C10H12N4O3S2. The second kappa shape index (κ2) is 4.66. The van der Waals surface area contributed by atoms with E-state index in [0.29, 0.717) is 30.4 Å². The molecule has 7 nitrogen and oxygen atoms in total. The monoisotopic (exact) mass is 300 g/mol. The summed E-state index contributed by atoms with van der Waals surface area (Å²) in [5.41, 5.74) is 6.08. The summed E-state index contributed by atoms with van der Waals surface area (Å²) in [5, 5.41) is 6.44. The predicted molar refractivity (Wildman–Crippen MR) is 69.3 cm³/mol. The van der Waals surface area contributed by atoms with Crippen LogP contribution in [0, 0.1) is 0 Å². The van der Waals surface area contributed by atoms with E-state index in [1.165, 1.54) is 11.3 Å². The molecule has 0 aromatic carbocycles. The number of nitrogens with two attached hydrogens (primary N) is 1. The van der Waals surface area contributed by atoms with Crippen LogP contribution in [0.2, 0.25) is 0 Å². The summed E-state index contributed by atoms with van der Waals surface area (Å²) < 4.78 is 28.0. The molecule has 2 aromatic rings. The van der Waals surface area contributed by atoms with Gasteiger partial charge in [-0.25, -0.2) is 13.4 Å². The van der Waals surface area contributed by atoms with Crippen molar-refractivity contribution in [3.05, 3.63) is 16.2 Å². The fraction of sp³-hybridized carbons (Fsp3) is 0.500. The zero-order valence-electron chi connectivity index (χ0n) is 9.94. The van der Waals surface area contributed by atoms with Gasteiger partial charge in [-0.3, -0.25) is 0 Å². The van der Waals surface area contributed by atoms with Crippen LogP contribution in [-0.4, -0.2) is 35.0 Å². The largest absolute Gasteiger partial charge is 0.332 e. The molecule has 102 valence electrons. The highest BCUT2D eigenvalue weighted by molar-refractivity contribution is 7.91. The molecule has 1 fully saturated rings. The van der Waals surface area contributed by atoms with Gasteiger partial charge in [0.25, 0.3) is 5.89 Å². The van der Waals surface area contributed by atoms with Gasteiger partial charge in [-0.1, -0.05) is 5.16 Å². The second-order valence-electron chi connectivity index (χ2n) is 4.39. The molecule has 2 N–H and O–H groups in total. The van der Waals surface area contributed by atoms with E-state index in [1.54, 1.807) is 5.38 Å². The minimum atomic E-state index is -2.95. The zero-order valence-corrected chi connectivity index (χ0v) is 11.6. The van der Waals surface area contributed by atoms with E-state index in [2.05, 4.69) is 15.1 Å². The number of aromatic nitrogens is 3. The Balaban J connectivity index is 1.83. The quantitative estimate of drug-likeness (QED) is 0.881. The van der Waals surface area contributed by atoms with Crippen LogP contribution in [0.3, 0.4) is 0 Å². The van der Waals surface area contributed by atoms with Gasteiger partial charge in [-0.05, 0) is 6.42 Å². The number of nitrogens with zero attached hydrogens (tertiary/aromatic N) is 3. The van der Waals surface area contributed by atoms with Gasteiger partial charge in [0.05, 0.1) is 11.5 Å². The van der Waals surface area contributed by atoms with Gasteiger partial charge < -0.3 is 10.3 Å². The number of rotatable bonds is 3. The third-order valence-corrected chi connectivity index (χ3v) is 5.62. The minimum absolute atomic E-state index is 0.0943. The Bertz CT molecular complexity index is 691. The van der Waals surface area contributed by atoms with Gasteiger partial charge in [0.2, 0.25) is 0 Å². The van der Waals surface area contributed by atoms with E-state index in [0.717, 1.165) is 5.01 Å². The highest BCUT2D eigenvalue weighted by Crippen LogP contribution is 2.28. The normalized spacial score (nSPS) is 21.8. The number of hydrogen-bond donors (Lipinski definition) is 1. The summed E-state index contributed by atoms with van der Waals surface area (Å²) in [6, 6.07) is 0. The first-order valence-electron chi connectivity index (χ1n) is 5.76. The van der Waals surface area contributed by atoms with Crippen LogP contribution in [0.25, 0.3) is 11.6 Å². The maximum absolute atomic E-state index is 11.4. The molecule has 1 atom stereocenters. The maximum Gasteiger partial charge on any atom is 0.277 e. The number of sulfone groups is 1. The number of hydrogen-bond acceptors (Lipinski definition) is 8. The first kappa shape index (κ1) is 12.7. The second-order valence-corrected chi connectivity index (χ2v) is 7.56. The molecule has 1 aliphatic rings. The van der Waals surface area contributed by atoms with Crippen LogP contribution in [0.4, 0.5) is 0 Å². The lowest BCUT2D eigenvalue weighted by Crippen LogP contribution is -2.05. The summed E-state index contributed by atoms with van der Waals surface area (Å²) in [5.74, 6) is 0.871. The summed E-state index contributed by atoms with van der Waals surface area (Å²) >= 11 is 1.43. The van der Waals surface area contributed by atoms with Crippen molar-refractivity contribution in [3.8, 4) is 11.6 Å². The molecule has 19 heavy (non-hydrogen) atoms. The van der Waals surface area contributed by atoms with Gasteiger partial charge in [0, 0.05) is 17.8 Å². The molecule has 3 heterocycles. The Morgan fingerprint density at radius 1 is 1.47 bits per heavy atom.